The van der Waals surface area contributed by atoms with Gasteiger partial charge in [-0.3, -0.25) is 14.9 Å². The van der Waals surface area contributed by atoms with Crippen LogP contribution in [-0.2, 0) is 0 Å². The molecule has 2 heterocycles. The molecule has 7 nitrogen and oxygen atoms in total. The number of benzene rings is 1. The van der Waals surface area contributed by atoms with Gasteiger partial charge in [-0.1, -0.05) is 17.7 Å². The lowest BCUT2D eigenvalue weighted by Gasteiger charge is -2.27. The molecule has 0 radical (unpaired) electrons. The Bertz CT molecular complexity index is 750. The van der Waals surface area contributed by atoms with Crippen LogP contribution in [-0.4, -0.2) is 15.8 Å². The van der Waals surface area contributed by atoms with Gasteiger partial charge in [0, 0.05) is 17.8 Å². The number of nitro benzene ring substituents is 1. The minimum atomic E-state index is -0.601. The molecular weight excluding hydrogens is 296 g/mol. The van der Waals surface area contributed by atoms with E-state index in [1.807, 2.05) is 0 Å². The third-order valence-corrected chi connectivity index (χ3v) is 3.43. The smallest absolute Gasteiger partial charge is 0.288 e. The molecule has 1 aromatic heterocycles. The molecule has 2 aromatic rings. The molecule has 0 saturated carbocycles. The third-order valence-electron chi connectivity index (χ3n) is 3.11. The van der Waals surface area contributed by atoms with Gasteiger partial charge in [-0.15, -0.1) is 0 Å². The van der Waals surface area contributed by atoms with Crippen molar-refractivity contribution < 1.29 is 9.72 Å². The summed E-state index contributed by atoms with van der Waals surface area (Å²) >= 11 is 5.78. The summed E-state index contributed by atoms with van der Waals surface area (Å²) in [5, 5.41) is 16.7. The number of hydrogen-bond acceptors (Lipinski definition) is 5. The van der Waals surface area contributed by atoms with Crippen molar-refractivity contribution in [3.63, 3.8) is 0 Å². The lowest BCUT2D eigenvalue weighted by atomic mass is 10.1. The second-order valence-corrected chi connectivity index (χ2v) is 4.83. The number of pyridine rings is 1. The van der Waals surface area contributed by atoms with Gasteiger partial charge < -0.3 is 10.6 Å². The highest BCUT2D eigenvalue weighted by molar-refractivity contribution is 6.32. The maximum Gasteiger partial charge on any atom is 0.288 e. The molecule has 106 valence electrons. The van der Waals surface area contributed by atoms with Crippen molar-refractivity contribution in [3.8, 4) is 0 Å². The summed E-state index contributed by atoms with van der Waals surface area (Å²) in [4.78, 5) is 26.4. The predicted molar refractivity (Wildman–Crippen MR) is 76.2 cm³/mol. The van der Waals surface area contributed by atoms with Crippen molar-refractivity contribution >= 4 is 29.0 Å². The Hall–Kier alpha value is -2.67. The highest BCUT2D eigenvalue weighted by atomic mass is 35.5. The van der Waals surface area contributed by atoms with Gasteiger partial charge >= 0.3 is 0 Å². The lowest BCUT2D eigenvalue weighted by molar-refractivity contribution is -0.384. The fourth-order valence-corrected chi connectivity index (χ4v) is 2.29. The number of anilines is 1. The molecule has 21 heavy (non-hydrogen) atoms. The Morgan fingerprint density at radius 3 is 2.86 bits per heavy atom. The quantitative estimate of drug-likeness (QED) is 0.656. The molecule has 3 rings (SSSR count). The average Bonchev–Trinajstić information content (AvgIpc) is 2.47. The van der Waals surface area contributed by atoms with E-state index in [1.54, 1.807) is 24.4 Å². The molecule has 1 unspecified atom stereocenters. The van der Waals surface area contributed by atoms with Crippen molar-refractivity contribution in [1.82, 2.24) is 10.3 Å². The third kappa shape index (κ3) is 2.38. The van der Waals surface area contributed by atoms with Crippen LogP contribution in [0.4, 0.5) is 11.5 Å². The van der Waals surface area contributed by atoms with Crippen LogP contribution in [0, 0.1) is 10.1 Å². The largest absolute Gasteiger partial charge is 0.346 e. The number of hydrogen-bond donors (Lipinski definition) is 2. The monoisotopic (exact) mass is 304 g/mol. The fraction of sp³-hybridized carbons (Fsp3) is 0.0769. The molecule has 1 aromatic carbocycles. The van der Waals surface area contributed by atoms with Gasteiger partial charge in [0.2, 0.25) is 0 Å². The summed E-state index contributed by atoms with van der Waals surface area (Å²) in [5.41, 5.74) is 0.741. The van der Waals surface area contributed by atoms with Gasteiger partial charge in [0.1, 0.15) is 17.0 Å². The number of aromatic nitrogens is 1. The molecule has 1 aliphatic rings. The van der Waals surface area contributed by atoms with Gasteiger partial charge in [-0.25, -0.2) is 4.98 Å². The first-order chi connectivity index (χ1) is 10.1. The van der Waals surface area contributed by atoms with Crippen LogP contribution in [0.5, 0.6) is 0 Å². The number of fused-ring (bicyclic) bond motifs is 1. The number of carbonyl (C=O) groups excluding carboxylic acids is 1. The fourth-order valence-electron chi connectivity index (χ4n) is 2.10. The van der Waals surface area contributed by atoms with Gasteiger partial charge in [-0.05, 0) is 18.2 Å². The maximum atomic E-state index is 12.0. The van der Waals surface area contributed by atoms with Crippen molar-refractivity contribution in [3.05, 3.63) is 62.8 Å². The summed E-state index contributed by atoms with van der Waals surface area (Å²) in [6.07, 6.45) is 0.960. The van der Waals surface area contributed by atoms with E-state index in [-0.39, 0.29) is 16.6 Å². The maximum absolute atomic E-state index is 12.0. The van der Waals surface area contributed by atoms with E-state index >= 15 is 0 Å². The van der Waals surface area contributed by atoms with Crippen molar-refractivity contribution in [1.29, 1.82) is 0 Å². The number of nitro groups is 1. The first-order valence-corrected chi connectivity index (χ1v) is 6.40. The zero-order valence-electron chi connectivity index (χ0n) is 10.5. The van der Waals surface area contributed by atoms with Crippen LogP contribution in [0.15, 0.2) is 36.5 Å². The topological polar surface area (TPSA) is 97.2 Å². The van der Waals surface area contributed by atoms with Crippen LogP contribution in [0.3, 0.4) is 0 Å². The Morgan fingerprint density at radius 1 is 1.29 bits per heavy atom. The Balaban J connectivity index is 1.98. The molecule has 2 N–H and O–H groups in total. The molecule has 1 amide bonds. The second-order valence-electron chi connectivity index (χ2n) is 4.42. The first kappa shape index (κ1) is 13.3. The summed E-state index contributed by atoms with van der Waals surface area (Å²) in [7, 11) is 0. The van der Waals surface area contributed by atoms with E-state index in [9.17, 15) is 14.9 Å². The summed E-state index contributed by atoms with van der Waals surface area (Å²) in [6.45, 7) is 0. The number of rotatable bonds is 2. The molecule has 1 aliphatic heterocycles. The molecule has 0 aliphatic carbocycles. The molecule has 0 saturated heterocycles. The van der Waals surface area contributed by atoms with E-state index < -0.39 is 11.1 Å². The molecular formula is C13H9ClN4O3. The molecule has 0 spiro atoms. The van der Waals surface area contributed by atoms with Crippen LogP contribution >= 0.6 is 11.6 Å². The number of nitrogens with one attached hydrogen (secondary N) is 2. The van der Waals surface area contributed by atoms with Gasteiger partial charge in [0.05, 0.1) is 10.5 Å². The molecule has 0 bridgehead atoms. The van der Waals surface area contributed by atoms with Gasteiger partial charge in [-0.2, -0.15) is 0 Å². The number of nitrogens with zero attached hydrogens (tertiary/aromatic N) is 2. The Labute approximate surface area is 124 Å². The highest BCUT2D eigenvalue weighted by Crippen LogP contribution is 2.30. The van der Waals surface area contributed by atoms with Crippen molar-refractivity contribution in [2.24, 2.45) is 0 Å². The normalized spacial score (nSPS) is 16.6. The number of halogens is 1. The first-order valence-electron chi connectivity index (χ1n) is 6.02. The van der Waals surface area contributed by atoms with E-state index in [0.29, 0.717) is 16.9 Å². The number of amides is 1. The minimum Gasteiger partial charge on any atom is -0.346 e. The zero-order valence-corrected chi connectivity index (χ0v) is 11.3. The second kappa shape index (κ2) is 5.02. The zero-order chi connectivity index (χ0) is 15.0. The SMILES string of the molecule is O=C1NC(c2ccc(Cl)c([N+](=O)[O-])c2)Nc2ncccc21. The van der Waals surface area contributed by atoms with Gasteiger partial charge in [0.25, 0.3) is 11.6 Å². The van der Waals surface area contributed by atoms with Crippen LogP contribution in [0.25, 0.3) is 0 Å². The van der Waals surface area contributed by atoms with E-state index in [1.165, 1.54) is 12.1 Å². The van der Waals surface area contributed by atoms with Crippen molar-refractivity contribution in [2.45, 2.75) is 6.17 Å². The van der Waals surface area contributed by atoms with Crippen LogP contribution < -0.4 is 10.6 Å². The van der Waals surface area contributed by atoms with E-state index in [0.717, 1.165) is 0 Å². The summed E-state index contributed by atoms with van der Waals surface area (Å²) < 4.78 is 0. The van der Waals surface area contributed by atoms with Crippen molar-refractivity contribution in [2.75, 3.05) is 5.32 Å². The standard InChI is InChI=1S/C13H9ClN4O3/c14-9-4-3-7(6-10(9)18(20)21)11-16-12-8(13(19)17-11)2-1-5-15-12/h1-6,11H,(H,15,16)(H,17,19). The number of carbonyl (C=O) groups is 1. The Kier molecular flexibility index (Phi) is 3.19. The van der Waals surface area contributed by atoms with Crippen LogP contribution in [0.1, 0.15) is 22.1 Å². The highest BCUT2D eigenvalue weighted by Gasteiger charge is 2.26. The van der Waals surface area contributed by atoms with E-state index in [2.05, 4.69) is 15.6 Å². The average molecular weight is 305 g/mol. The summed E-state index contributed by atoms with van der Waals surface area (Å²) in [5.74, 6) is 0.142. The minimum absolute atomic E-state index is 0.0458. The predicted octanol–water partition coefficient (Wildman–Crippen LogP) is 2.50. The Morgan fingerprint density at radius 2 is 2.10 bits per heavy atom. The summed E-state index contributed by atoms with van der Waals surface area (Å²) in [6, 6.07) is 7.67. The molecule has 8 heteroatoms. The van der Waals surface area contributed by atoms with E-state index in [4.69, 9.17) is 11.6 Å². The van der Waals surface area contributed by atoms with Gasteiger partial charge in [0.15, 0.2) is 0 Å². The molecule has 0 fully saturated rings. The van der Waals surface area contributed by atoms with Crippen LogP contribution in [0.2, 0.25) is 5.02 Å². The lowest BCUT2D eigenvalue weighted by Crippen LogP contribution is -2.38. The molecule has 1 atom stereocenters.